The molecule has 0 aromatic rings. The van der Waals surface area contributed by atoms with Gasteiger partial charge in [-0.3, -0.25) is 4.79 Å². The Morgan fingerprint density at radius 3 is 2.87 bits per heavy atom. The molecule has 0 saturated carbocycles. The summed E-state index contributed by atoms with van der Waals surface area (Å²) in [6, 6.07) is 0. The number of hydrogen-bond acceptors (Lipinski definition) is 2. The fraction of sp³-hybridized carbons (Fsp3) is 0.615. The van der Waals surface area contributed by atoms with Crippen molar-refractivity contribution in [2.45, 2.75) is 44.9 Å². The van der Waals surface area contributed by atoms with Crippen LogP contribution in [0.15, 0.2) is 24.0 Å². The van der Waals surface area contributed by atoms with Crippen molar-refractivity contribution in [3.05, 3.63) is 24.0 Å². The first-order chi connectivity index (χ1) is 7.36. The van der Waals surface area contributed by atoms with Crippen molar-refractivity contribution < 1.29 is 9.53 Å². The molecule has 0 aliphatic heterocycles. The molecule has 0 radical (unpaired) electrons. The van der Waals surface area contributed by atoms with Crippen LogP contribution in [0.3, 0.4) is 0 Å². The van der Waals surface area contributed by atoms with Crippen LogP contribution < -0.4 is 0 Å². The van der Waals surface area contributed by atoms with E-state index in [4.69, 9.17) is 4.74 Å². The Balaban J connectivity index is 1.85. The second kappa shape index (κ2) is 5.15. The van der Waals surface area contributed by atoms with E-state index in [0.29, 0.717) is 0 Å². The molecule has 0 unspecified atom stereocenters. The van der Waals surface area contributed by atoms with Crippen LogP contribution >= 0.6 is 0 Å². The van der Waals surface area contributed by atoms with Gasteiger partial charge in [0, 0.05) is 6.42 Å². The molecule has 0 N–H and O–H groups in total. The first kappa shape index (κ1) is 10.5. The summed E-state index contributed by atoms with van der Waals surface area (Å²) in [7, 11) is 0. The van der Waals surface area contributed by atoms with Gasteiger partial charge in [-0.15, -0.1) is 0 Å². The fourth-order valence-electron chi connectivity index (χ4n) is 2.12. The maximum atomic E-state index is 11.8. The van der Waals surface area contributed by atoms with Crippen LogP contribution in [0, 0.1) is 5.92 Å². The number of allylic oxidation sites excluding steroid dienone is 4. The van der Waals surface area contributed by atoms with Gasteiger partial charge < -0.3 is 4.74 Å². The minimum absolute atomic E-state index is 0.0208. The second-order valence-electron chi connectivity index (χ2n) is 4.32. The number of rotatable bonds is 2. The third kappa shape index (κ3) is 2.95. The summed E-state index contributed by atoms with van der Waals surface area (Å²) in [6.45, 7) is 0. The first-order valence-electron chi connectivity index (χ1n) is 5.92. The Morgan fingerprint density at radius 1 is 1.27 bits per heavy atom. The van der Waals surface area contributed by atoms with Gasteiger partial charge in [-0.1, -0.05) is 12.2 Å². The van der Waals surface area contributed by atoms with E-state index in [1.807, 2.05) is 0 Å². The van der Waals surface area contributed by atoms with Gasteiger partial charge in [0.05, 0.1) is 5.92 Å². The monoisotopic (exact) mass is 206 g/mol. The highest BCUT2D eigenvalue weighted by molar-refractivity contribution is 5.74. The lowest BCUT2D eigenvalue weighted by atomic mass is 9.94. The van der Waals surface area contributed by atoms with E-state index >= 15 is 0 Å². The quantitative estimate of drug-likeness (QED) is 0.511. The molecule has 2 nitrogen and oxygen atoms in total. The highest BCUT2D eigenvalue weighted by Gasteiger charge is 2.21. The summed E-state index contributed by atoms with van der Waals surface area (Å²) < 4.78 is 5.42. The van der Waals surface area contributed by atoms with Crippen molar-refractivity contribution in [1.82, 2.24) is 0 Å². The van der Waals surface area contributed by atoms with E-state index in [9.17, 15) is 4.79 Å². The molecule has 2 aliphatic rings. The lowest BCUT2D eigenvalue weighted by Crippen LogP contribution is -2.19. The smallest absolute Gasteiger partial charge is 0.314 e. The normalized spacial score (nSPS) is 25.9. The van der Waals surface area contributed by atoms with Crippen LogP contribution in [-0.4, -0.2) is 5.97 Å². The van der Waals surface area contributed by atoms with Gasteiger partial charge in [-0.05, 0) is 44.6 Å². The average Bonchev–Trinajstić information content (AvgIpc) is 2.31. The molecule has 15 heavy (non-hydrogen) atoms. The van der Waals surface area contributed by atoms with Crippen molar-refractivity contribution >= 4 is 5.97 Å². The molecule has 0 spiro atoms. The van der Waals surface area contributed by atoms with Crippen molar-refractivity contribution in [3.63, 3.8) is 0 Å². The molecule has 0 saturated heterocycles. The highest BCUT2D eigenvalue weighted by Crippen LogP contribution is 2.24. The zero-order valence-electron chi connectivity index (χ0n) is 9.08. The van der Waals surface area contributed by atoms with Crippen LogP contribution in [0.2, 0.25) is 0 Å². The third-order valence-corrected chi connectivity index (χ3v) is 3.08. The lowest BCUT2D eigenvalue weighted by Gasteiger charge is -2.19. The van der Waals surface area contributed by atoms with E-state index < -0.39 is 0 Å². The van der Waals surface area contributed by atoms with E-state index in [-0.39, 0.29) is 11.9 Å². The van der Waals surface area contributed by atoms with Crippen LogP contribution in [0.25, 0.3) is 0 Å². The number of carbonyl (C=O) groups is 1. The Hall–Kier alpha value is -1.05. The molecule has 2 rings (SSSR count). The molecule has 1 atom stereocenters. The standard InChI is InChI=1S/C13H18O2/c14-13(11-7-3-1-4-8-11)15-12-9-5-2-6-10-12/h1,3,9,11H,2,4-8,10H2/t11-/m1/s1. The molecule has 2 heteroatoms. The first-order valence-corrected chi connectivity index (χ1v) is 5.92. The summed E-state index contributed by atoms with van der Waals surface area (Å²) in [5.74, 6) is 0.978. The van der Waals surface area contributed by atoms with Crippen LogP contribution in [0.1, 0.15) is 44.9 Å². The maximum absolute atomic E-state index is 11.8. The Morgan fingerprint density at radius 2 is 2.20 bits per heavy atom. The zero-order chi connectivity index (χ0) is 10.5. The van der Waals surface area contributed by atoms with Crippen molar-refractivity contribution in [2.75, 3.05) is 0 Å². The fourth-order valence-corrected chi connectivity index (χ4v) is 2.12. The van der Waals surface area contributed by atoms with Gasteiger partial charge in [-0.2, -0.15) is 0 Å². The highest BCUT2D eigenvalue weighted by atomic mass is 16.5. The molecule has 2 aliphatic carbocycles. The summed E-state index contributed by atoms with van der Waals surface area (Å²) in [6.07, 6.45) is 13.5. The Labute approximate surface area is 91.0 Å². The largest absolute Gasteiger partial charge is 0.431 e. The van der Waals surface area contributed by atoms with Gasteiger partial charge in [0.15, 0.2) is 0 Å². The van der Waals surface area contributed by atoms with E-state index in [2.05, 4.69) is 18.2 Å². The summed E-state index contributed by atoms with van der Waals surface area (Å²) in [5, 5.41) is 0. The maximum Gasteiger partial charge on any atom is 0.314 e. The second-order valence-corrected chi connectivity index (χ2v) is 4.32. The summed E-state index contributed by atoms with van der Waals surface area (Å²) in [5.41, 5.74) is 0. The van der Waals surface area contributed by atoms with Crippen molar-refractivity contribution in [2.24, 2.45) is 5.92 Å². The SMILES string of the molecule is O=C(OC1=CCCCC1)[C@@H]1CC=CCC1. The average molecular weight is 206 g/mol. The van der Waals surface area contributed by atoms with Gasteiger partial charge in [0.25, 0.3) is 0 Å². The third-order valence-electron chi connectivity index (χ3n) is 3.08. The molecule has 0 bridgehead atoms. The Kier molecular flexibility index (Phi) is 3.59. The number of carbonyl (C=O) groups excluding carboxylic acids is 1. The van der Waals surface area contributed by atoms with Crippen molar-refractivity contribution in [3.8, 4) is 0 Å². The lowest BCUT2D eigenvalue weighted by molar-refractivity contribution is -0.144. The minimum Gasteiger partial charge on any atom is -0.431 e. The molecule has 0 aromatic carbocycles. The summed E-state index contributed by atoms with van der Waals surface area (Å²) in [4.78, 5) is 11.8. The molecular weight excluding hydrogens is 188 g/mol. The van der Waals surface area contributed by atoms with Crippen LogP contribution in [-0.2, 0) is 9.53 Å². The van der Waals surface area contributed by atoms with Crippen molar-refractivity contribution in [1.29, 1.82) is 0 Å². The molecular formula is C13H18O2. The van der Waals surface area contributed by atoms with Gasteiger partial charge in [-0.25, -0.2) is 0 Å². The topological polar surface area (TPSA) is 26.3 Å². The van der Waals surface area contributed by atoms with E-state index in [0.717, 1.165) is 44.3 Å². The van der Waals surface area contributed by atoms with Gasteiger partial charge >= 0.3 is 5.97 Å². The van der Waals surface area contributed by atoms with Gasteiger partial charge in [0.2, 0.25) is 0 Å². The molecule has 0 fully saturated rings. The minimum atomic E-state index is -0.0208. The molecule has 0 heterocycles. The number of esters is 1. The summed E-state index contributed by atoms with van der Waals surface area (Å²) >= 11 is 0. The predicted molar refractivity (Wildman–Crippen MR) is 59.1 cm³/mol. The molecule has 0 amide bonds. The van der Waals surface area contributed by atoms with Crippen LogP contribution in [0.4, 0.5) is 0 Å². The van der Waals surface area contributed by atoms with E-state index in [1.54, 1.807) is 0 Å². The number of ether oxygens (including phenoxy) is 1. The predicted octanol–water partition coefficient (Wildman–Crippen LogP) is 3.34. The van der Waals surface area contributed by atoms with Crippen LogP contribution in [0.5, 0.6) is 0 Å². The van der Waals surface area contributed by atoms with Gasteiger partial charge in [0.1, 0.15) is 5.76 Å². The molecule has 82 valence electrons. The number of hydrogen-bond donors (Lipinski definition) is 0. The molecule has 0 aromatic heterocycles. The Bertz CT molecular complexity index is 289. The zero-order valence-corrected chi connectivity index (χ0v) is 9.08. The van der Waals surface area contributed by atoms with E-state index in [1.165, 1.54) is 6.42 Å².